The normalized spacial score (nSPS) is 10.8. The van der Waals surface area contributed by atoms with Crippen molar-refractivity contribution in [1.82, 2.24) is 20.6 Å². The van der Waals surface area contributed by atoms with E-state index >= 15 is 0 Å². The van der Waals surface area contributed by atoms with Gasteiger partial charge in [-0.15, -0.1) is 0 Å². The van der Waals surface area contributed by atoms with E-state index in [1.807, 2.05) is 66.7 Å². The summed E-state index contributed by atoms with van der Waals surface area (Å²) in [5.41, 5.74) is 5.98. The van der Waals surface area contributed by atoms with Crippen molar-refractivity contribution in [3.05, 3.63) is 102 Å². The topological polar surface area (TPSA) is 92.3 Å². The Balaban J connectivity index is 1.39. The third kappa shape index (κ3) is 4.96. The molecule has 148 valence electrons. The summed E-state index contributed by atoms with van der Waals surface area (Å²) in [6, 6.07) is 24.6. The van der Waals surface area contributed by atoms with Crippen molar-refractivity contribution in [2.75, 3.05) is 0 Å². The van der Waals surface area contributed by atoms with Gasteiger partial charge in [-0.2, -0.15) is 10.2 Å². The fourth-order valence-electron chi connectivity index (χ4n) is 2.74. The van der Waals surface area contributed by atoms with Gasteiger partial charge in [-0.1, -0.05) is 48.5 Å². The van der Waals surface area contributed by atoms with Gasteiger partial charge in [0.1, 0.15) is 18.1 Å². The van der Waals surface area contributed by atoms with Crippen molar-refractivity contribution >= 4 is 12.1 Å². The Labute approximate surface area is 173 Å². The predicted octanol–water partition coefficient (Wildman–Crippen LogP) is 3.81. The maximum Gasteiger partial charge on any atom is 0.289 e. The molecule has 0 unspecified atom stereocenters. The molecule has 0 aliphatic heterocycles. The molecule has 4 rings (SSSR count). The lowest BCUT2D eigenvalue weighted by atomic mass is 10.1. The molecule has 7 nitrogen and oxygen atoms in total. The van der Waals surface area contributed by atoms with Crippen LogP contribution < -0.4 is 10.2 Å². The number of nitrogens with zero attached hydrogens (tertiary/aromatic N) is 3. The average molecular weight is 397 g/mol. The largest absolute Gasteiger partial charge is 0.489 e. The van der Waals surface area contributed by atoms with Crippen molar-refractivity contribution in [1.29, 1.82) is 0 Å². The van der Waals surface area contributed by atoms with Crippen LogP contribution in [0.25, 0.3) is 11.3 Å². The Kier molecular flexibility index (Phi) is 5.91. The highest BCUT2D eigenvalue weighted by Gasteiger charge is 2.11. The number of amides is 1. The van der Waals surface area contributed by atoms with E-state index in [1.54, 1.807) is 18.3 Å². The minimum Gasteiger partial charge on any atom is -0.489 e. The molecule has 2 heterocycles. The van der Waals surface area contributed by atoms with Crippen molar-refractivity contribution in [2.45, 2.75) is 6.61 Å². The second-order valence-electron chi connectivity index (χ2n) is 6.42. The first-order chi connectivity index (χ1) is 14.8. The van der Waals surface area contributed by atoms with Crippen LogP contribution in [0.4, 0.5) is 0 Å². The first-order valence-electron chi connectivity index (χ1n) is 9.35. The highest BCUT2D eigenvalue weighted by Crippen LogP contribution is 2.23. The Bertz CT molecular complexity index is 1140. The van der Waals surface area contributed by atoms with E-state index in [0.29, 0.717) is 23.7 Å². The van der Waals surface area contributed by atoms with E-state index in [9.17, 15) is 4.79 Å². The molecule has 0 radical (unpaired) electrons. The summed E-state index contributed by atoms with van der Waals surface area (Å²) >= 11 is 0. The summed E-state index contributed by atoms with van der Waals surface area (Å²) in [7, 11) is 0. The number of rotatable bonds is 7. The molecule has 0 atom stereocenters. The molecule has 2 N–H and O–H groups in total. The Hall–Kier alpha value is -4.26. The standard InChI is InChI=1S/C23H19N5O2/c29-23(28-25-15-19-10-4-5-12-24-19)22-14-21(26-27-22)18-9-6-11-20(13-18)30-16-17-7-2-1-3-8-17/h1-15H,16H2,(H,26,27)(H,28,29)/b25-15-. The third-order valence-corrected chi connectivity index (χ3v) is 4.25. The van der Waals surface area contributed by atoms with Crippen molar-refractivity contribution in [3.63, 3.8) is 0 Å². The summed E-state index contributed by atoms with van der Waals surface area (Å²) in [5, 5.41) is 10.9. The van der Waals surface area contributed by atoms with Crippen molar-refractivity contribution < 1.29 is 9.53 Å². The number of aromatic nitrogens is 3. The van der Waals surface area contributed by atoms with Crippen LogP contribution in [0.1, 0.15) is 21.7 Å². The molecule has 0 bridgehead atoms. The third-order valence-electron chi connectivity index (χ3n) is 4.25. The Morgan fingerprint density at radius 3 is 2.73 bits per heavy atom. The van der Waals surface area contributed by atoms with Crippen LogP contribution in [0.2, 0.25) is 0 Å². The van der Waals surface area contributed by atoms with Crippen LogP contribution in [-0.2, 0) is 6.61 Å². The maximum atomic E-state index is 12.3. The second kappa shape index (κ2) is 9.29. The molecule has 7 heteroatoms. The number of carbonyl (C=O) groups excluding carboxylic acids is 1. The molecular formula is C23H19N5O2. The van der Waals surface area contributed by atoms with E-state index in [2.05, 4.69) is 25.7 Å². The number of hydrazone groups is 1. The van der Waals surface area contributed by atoms with Crippen molar-refractivity contribution in [3.8, 4) is 17.0 Å². The number of ether oxygens (including phenoxy) is 1. The van der Waals surface area contributed by atoms with Gasteiger partial charge in [0.05, 0.1) is 17.6 Å². The average Bonchev–Trinajstić information content (AvgIpc) is 3.30. The molecule has 1 amide bonds. The molecule has 0 aliphatic carbocycles. The molecule has 0 saturated heterocycles. The number of hydrogen-bond acceptors (Lipinski definition) is 5. The van der Waals surface area contributed by atoms with Gasteiger partial charge in [0, 0.05) is 11.8 Å². The molecule has 2 aromatic heterocycles. The van der Waals surface area contributed by atoms with E-state index < -0.39 is 5.91 Å². The highest BCUT2D eigenvalue weighted by atomic mass is 16.5. The van der Waals surface area contributed by atoms with Crippen LogP contribution >= 0.6 is 0 Å². The number of pyridine rings is 1. The summed E-state index contributed by atoms with van der Waals surface area (Å²) in [5.74, 6) is 0.336. The number of carbonyl (C=O) groups is 1. The highest BCUT2D eigenvalue weighted by molar-refractivity contribution is 5.94. The Morgan fingerprint density at radius 1 is 1.03 bits per heavy atom. The molecule has 0 fully saturated rings. The summed E-state index contributed by atoms with van der Waals surface area (Å²) in [6.07, 6.45) is 3.13. The van der Waals surface area contributed by atoms with Gasteiger partial charge in [0.2, 0.25) is 0 Å². The predicted molar refractivity (Wildman–Crippen MR) is 114 cm³/mol. The monoisotopic (exact) mass is 397 g/mol. The summed E-state index contributed by atoms with van der Waals surface area (Å²) < 4.78 is 5.86. The quantitative estimate of drug-likeness (QED) is 0.366. The number of aromatic amines is 1. The number of H-pyrrole nitrogens is 1. The lowest BCUT2D eigenvalue weighted by Crippen LogP contribution is -2.18. The molecule has 4 aromatic rings. The van der Waals surface area contributed by atoms with Crippen LogP contribution in [0.3, 0.4) is 0 Å². The summed E-state index contributed by atoms with van der Waals surface area (Å²) in [6.45, 7) is 0.479. The van der Waals surface area contributed by atoms with E-state index in [-0.39, 0.29) is 0 Å². The van der Waals surface area contributed by atoms with Gasteiger partial charge in [0.25, 0.3) is 5.91 Å². The number of nitrogens with one attached hydrogen (secondary N) is 2. The molecule has 2 aromatic carbocycles. The number of hydrogen-bond donors (Lipinski definition) is 2. The molecule has 0 aliphatic rings. The SMILES string of the molecule is O=C(N/N=C\c1ccccn1)c1cc(-c2cccc(OCc3ccccc3)c2)n[nH]1. The minimum atomic E-state index is -0.391. The van der Waals surface area contributed by atoms with Crippen molar-refractivity contribution in [2.24, 2.45) is 5.10 Å². The van der Waals surface area contributed by atoms with Gasteiger partial charge in [0.15, 0.2) is 0 Å². The molecular weight excluding hydrogens is 378 g/mol. The van der Waals surface area contributed by atoms with Gasteiger partial charge in [-0.05, 0) is 35.9 Å². The van der Waals surface area contributed by atoms with Gasteiger partial charge < -0.3 is 4.74 Å². The van der Waals surface area contributed by atoms with Gasteiger partial charge >= 0.3 is 0 Å². The summed E-state index contributed by atoms with van der Waals surface area (Å²) in [4.78, 5) is 16.4. The van der Waals surface area contributed by atoms with E-state index in [0.717, 1.165) is 16.9 Å². The van der Waals surface area contributed by atoms with Crippen LogP contribution in [-0.4, -0.2) is 27.3 Å². The zero-order chi connectivity index (χ0) is 20.6. The number of benzene rings is 2. The van der Waals surface area contributed by atoms with Crippen LogP contribution in [0.15, 0.2) is 90.2 Å². The molecule has 30 heavy (non-hydrogen) atoms. The first kappa shape index (κ1) is 19.1. The zero-order valence-electron chi connectivity index (χ0n) is 16.0. The molecule has 0 saturated carbocycles. The smallest absolute Gasteiger partial charge is 0.289 e. The lowest BCUT2D eigenvalue weighted by molar-refractivity contribution is 0.0950. The van der Waals surface area contributed by atoms with Gasteiger partial charge in [-0.3, -0.25) is 14.9 Å². The lowest BCUT2D eigenvalue weighted by Gasteiger charge is -2.07. The molecule has 0 spiro atoms. The Morgan fingerprint density at radius 2 is 1.90 bits per heavy atom. The fourth-order valence-corrected chi connectivity index (χ4v) is 2.74. The van der Waals surface area contributed by atoms with Gasteiger partial charge in [-0.25, -0.2) is 5.43 Å². The van der Waals surface area contributed by atoms with Crippen LogP contribution in [0.5, 0.6) is 5.75 Å². The van der Waals surface area contributed by atoms with E-state index in [1.165, 1.54) is 6.21 Å². The van der Waals surface area contributed by atoms with Crippen LogP contribution in [0, 0.1) is 0 Å². The first-order valence-corrected chi connectivity index (χ1v) is 9.35. The fraction of sp³-hybridized carbons (Fsp3) is 0.0435. The maximum absolute atomic E-state index is 12.3. The minimum absolute atomic E-state index is 0.304. The zero-order valence-corrected chi connectivity index (χ0v) is 16.0. The second-order valence-corrected chi connectivity index (χ2v) is 6.42. The van der Waals surface area contributed by atoms with E-state index in [4.69, 9.17) is 4.74 Å².